The average Bonchev–Trinajstić information content (AvgIpc) is 2.35. The second kappa shape index (κ2) is 6.17. The first-order chi connectivity index (χ1) is 9.06. The SMILES string of the molecule is C[C@@H](NCc1cc(O)cc(F)c1)c1ccccc1Br. The number of nitrogens with one attached hydrogen (secondary N) is 1. The Labute approximate surface area is 120 Å². The minimum Gasteiger partial charge on any atom is -0.508 e. The minimum atomic E-state index is -0.426. The molecular formula is C15H15BrFNO. The maximum atomic E-state index is 13.1. The van der Waals surface area contributed by atoms with Crippen LogP contribution in [0.2, 0.25) is 0 Å². The second-order valence-electron chi connectivity index (χ2n) is 4.44. The van der Waals surface area contributed by atoms with Crippen LogP contribution in [0.15, 0.2) is 46.9 Å². The first-order valence-electron chi connectivity index (χ1n) is 6.02. The van der Waals surface area contributed by atoms with Gasteiger partial charge in [0.15, 0.2) is 0 Å². The molecule has 2 aromatic carbocycles. The van der Waals surface area contributed by atoms with Gasteiger partial charge in [0.2, 0.25) is 0 Å². The lowest BCUT2D eigenvalue weighted by atomic mass is 10.1. The van der Waals surface area contributed by atoms with Crippen LogP contribution in [0, 0.1) is 5.82 Å². The first-order valence-corrected chi connectivity index (χ1v) is 6.82. The van der Waals surface area contributed by atoms with Crippen LogP contribution in [0.5, 0.6) is 5.75 Å². The van der Waals surface area contributed by atoms with Crippen molar-refractivity contribution in [1.82, 2.24) is 5.32 Å². The minimum absolute atomic E-state index is 0.0506. The van der Waals surface area contributed by atoms with Gasteiger partial charge >= 0.3 is 0 Å². The summed E-state index contributed by atoms with van der Waals surface area (Å²) < 4.78 is 14.2. The quantitative estimate of drug-likeness (QED) is 0.886. The fourth-order valence-electron chi connectivity index (χ4n) is 1.94. The Balaban J connectivity index is 2.04. The van der Waals surface area contributed by atoms with Gasteiger partial charge < -0.3 is 10.4 Å². The van der Waals surface area contributed by atoms with Gasteiger partial charge in [0, 0.05) is 23.1 Å². The lowest BCUT2D eigenvalue weighted by molar-refractivity contribution is 0.466. The molecule has 0 aliphatic heterocycles. The molecule has 0 radical (unpaired) electrons. The molecule has 4 heteroatoms. The van der Waals surface area contributed by atoms with E-state index in [0.29, 0.717) is 6.54 Å². The fraction of sp³-hybridized carbons (Fsp3) is 0.200. The predicted molar refractivity (Wildman–Crippen MR) is 77.5 cm³/mol. The molecule has 0 saturated carbocycles. The molecule has 2 N–H and O–H groups in total. The molecule has 1 atom stereocenters. The fourth-order valence-corrected chi connectivity index (χ4v) is 2.57. The van der Waals surface area contributed by atoms with Gasteiger partial charge in [-0.25, -0.2) is 4.39 Å². The molecule has 2 rings (SSSR count). The number of phenols is 1. The number of benzene rings is 2. The van der Waals surface area contributed by atoms with E-state index in [2.05, 4.69) is 21.2 Å². The molecule has 0 fully saturated rings. The Kier molecular flexibility index (Phi) is 4.56. The van der Waals surface area contributed by atoms with E-state index < -0.39 is 5.82 Å². The van der Waals surface area contributed by atoms with E-state index >= 15 is 0 Å². The van der Waals surface area contributed by atoms with Crippen LogP contribution < -0.4 is 5.32 Å². The van der Waals surface area contributed by atoms with Crippen molar-refractivity contribution >= 4 is 15.9 Å². The average molecular weight is 324 g/mol. The van der Waals surface area contributed by atoms with Gasteiger partial charge in [-0.2, -0.15) is 0 Å². The molecule has 19 heavy (non-hydrogen) atoms. The highest BCUT2D eigenvalue weighted by atomic mass is 79.9. The van der Waals surface area contributed by atoms with Gasteiger partial charge in [0.05, 0.1) is 0 Å². The van der Waals surface area contributed by atoms with Crippen LogP contribution in [-0.2, 0) is 6.54 Å². The molecule has 0 aromatic heterocycles. The van der Waals surface area contributed by atoms with Crippen molar-refractivity contribution in [3.05, 3.63) is 63.9 Å². The monoisotopic (exact) mass is 323 g/mol. The Bertz CT molecular complexity index is 554. The van der Waals surface area contributed by atoms with Gasteiger partial charge in [0.25, 0.3) is 0 Å². The van der Waals surface area contributed by atoms with Gasteiger partial charge in [-0.05, 0) is 36.2 Å². The van der Waals surface area contributed by atoms with Gasteiger partial charge in [0.1, 0.15) is 11.6 Å². The van der Waals surface area contributed by atoms with E-state index in [-0.39, 0.29) is 11.8 Å². The third-order valence-corrected chi connectivity index (χ3v) is 3.65. The predicted octanol–water partition coefficient (Wildman–Crippen LogP) is 4.14. The highest BCUT2D eigenvalue weighted by molar-refractivity contribution is 9.10. The normalized spacial score (nSPS) is 12.4. The van der Waals surface area contributed by atoms with E-state index in [1.165, 1.54) is 6.07 Å². The topological polar surface area (TPSA) is 32.3 Å². The molecule has 0 amide bonds. The number of rotatable bonds is 4. The van der Waals surface area contributed by atoms with Crippen LogP contribution >= 0.6 is 15.9 Å². The van der Waals surface area contributed by atoms with Crippen LogP contribution in [0.1, 0.15) is 24.1 Å². The van der Waals surface area contributed by atoms with Crippen molar-refractivity contribution in [3.8, 4) is 5.75 Å². The highest BCUT2D eigenvalue weighted by Crippen LogP contribution is 2.23. The number of hydrogen-bond donors (Lipinski definition) is 2. The van der Waals surface area contributed by atoms with Crippen LogP contribution in [0.4, 0.5) is 4.39 Å². The summed E-state index contributed by atoms with van der Waals surface area (Å²) in [5.41, 5.74) is 1.86. The van der Waals surface area contributed by atoms with Gasteiger partial charge in [-0.3, -0.25) is 0 Å². The first kappa shape index (κ1) is 14.0. The zero-order valence-corrected chi connectivity index (χ0v) is 12.1. The third kappa shape index (κ3) is 3.78. The summed E-state index contributed by atoms with van der Waals surface area (Å²) in [4.78, 5) is 0. The van der Waals surface area contributed by atoms with Crippen LogP contribution in [0.3, 0.4) is 0 Å². The summed E-state index contributed by atoms with van der Waals surface area (Å²) in [6.07, 6.45) is 0. The number of halogens is 2. The van der Waals surface area contributed by atoms with Gasteiger partial charge in [-0.1, -0.05) is 34.1 Å². The smallest absolute Gasteiger partial charge is 0.127 e. The molecule has 0 aliphatic carbocycles. The number of phenolic OH excluding ortho intramolecular Hbond substituents is 1. The molecule has 100 valence electrons. The number of aromatic hydroxyl groups is 1. The van der Waals surface area contributed by atoms with E-state index in [0.717, 1.165) is 21.7 Å². The van der Waals surface area contributed by atoms with E-state index in [4.69, 9.17) is 0 Å². The Morgan fingerprint density at radius 1 is 1.26 bits per heavy atom. The maximum Gasteiger partial charge on any atom is 0.127 e. The standard InChI is InChI=1S/C15H15BrFNO/c1-10(14-4-2-3-5-15(14)16)18-9-11-6-12(17)8-13(19)7-11/h2-8,10,18-19H,9H2,1H3/t10-/m1/s1. The maximum absolute atomic E-state index is 13.1. The lowest BCUT2D eigenvalue weighted by Crippen LogP contribution is -2.18. The summed E-state index contributed by atoms with van der Waals surface area (Å²) in [5, 5.41) is 12.6. The summed E-state index contributed by atoms with van der Waals surface area (Å²) in [7, 11) is 0. The lowest BCUT2D eigenvalue weighted by Gasteiger charge is -2.16. The molecule has 0 spiro atoms. The highest BCUT2D eigenvalue weighted by Gasteiger charge is 2.08. The summed E-state index contributed by atoms with van der Waals surface area (Å²) in [6, 6.07) is 12.2. The second-order valence-corrected chi connectivity index (χ2v) is 5.30. The molecule has 0 saturated heterocycles. The summed E-state index contributed by atoms with van der Waals surface area (Å²) in [5.74, 6) is -0.476. The molecule has 0 aliphatic rings. The molecule has 2 nitrogen and oxygen atoms in total. The van der Waals surface area contributed by atoms with Crippen molar-refractivity contribution in [2.75, 3.05) is 0 Å². The van der Waals surface area contributed by atoms with Crippen molar-refractivity contribution in [1.29, 1.82) is 0 Å². The molecular weight excluding hydrogens is 309 g/mol. The van der Waals surface area contributed by atoms with E-state index in [1.807, 2.05) is 31.2 Å². The molecule has 2 aromatic rings. The van der Waals surface area contributed by atoms with Crippen LogP contribution in [0.25, 0.3) is 0 Å². The summed E-state index contributed by atoms with van der Waals surface area (Å²) in [6.45, 7) is 2.53. The third-order valence-electron chi connectivity index (χ3n) is 2.93. The Morgan fingerprint density at radius 3 is 2.68 bits per heavy atom. The van der Waals surface area contributed by atoms with Crippen molar-refractivity contribution in [3.63, 3.8) is 0 Å². The zero-order chi connectivity index (χ0) is 13.8. The van der Waals surface area contributed by atoms with Crippen molar-refractivity contribution < 1.29 is 9.50 Å². The van der Waals surface area contributed by atoms with E-state index in [9.17, 15) is 9.50 Å². The van der Waals surface area contributed by atoms with Crippen LogP contribution in [-0.4, -0.2) is 5.11 Å². The van der Waals surface area contributed by atoms with Gasteiger partial charge in [-0.15, -0.1) is 0 Å². The largest absolute Gasteiger partial charge is 0.508 e. The number of hydrogen-bond acceptors (Lipinski definition) is 2. The Morgan fingerprint density at radius 2 is 2.00 bits per heavy atom. The Hall–Kier alpha value is -1.39. The van der Waals surface area contributed by atoms with E-state index in [1.54, 1.807) is 6.07 Å². The van der Waals surface area contributed by atoms with Crippen molar-refractivity contribution in [2.24, 2.45) is 0 Å². The van der Waals surface area contributed by atoms with Crippen molar-refractivity contribution in [2.45, 2.75) is 19.5 Å². The molecule has 0 bridgehead atoms. The molecule has 0 heterocycles. The molecule has 0 unspecified atom stereocenters. The zero-order valence-electron chi connectivity index (χ0n) is 10.5. The summed E-state index contributed by atoms with van der Waals surface area (Å²) >= 11 is 3.51.